The van der Waals surface area contributed by atoms with Crippen LogP contribution < -0.4 is 15.5 Å². The predicted octanol–water partition coefficient (Wildman–Crippen LogP) is 3.37. The number of benzene rings is 1. The molecule has 35 heavy (non-hydrogen) atoms. The molecule has 1 atom stereocenters. The van der Waals surface area contributed by atoms with E-state index in [2.05, 4.69) is 20.4 Å². The first-order valence-corrected chi connectivity index (χ1v) is 10.7. The highest BCUT2D eigenvalue weighted by Gasteiger charge is 2.19. The number of aromatic nitrogens is 4. The molecule has 3 N–H and O–H groups in total. The standard InChI is InChI=1S/C24H24N6O5/c1-13-11-14(2)30(28-13)21-12-20(25-22(27-21)19-10-5-15(3)34-19)26-23(31)16(4)35-18-8-6-17(7-9-18)24(32)29-33/h5-12,16,33H,1-4H3,(H,29,32)(H,25,26,27,31). The van der Waals surface area contributed by atoms with Gasteiger partial charge in [-0.15, -0.1) is 0 Å². The molecule has 3 aromatic heterocycles. The van der Waals surface area contributed by atoms with E-state index in [-0.39, 0.29) is 11.4 Å². The first-order chi connectivity index (χ1) is 16.7. The molecule has 0 radical (unpaired) electrons. The van der Waals surface area contributed by atoms with Gasteiger partial charge in [0.05, 0.1) is 5.69 Å². The van der Waals surface area contributed by atoms with Gasteiger partial charge in [0.15, 0.2) is 23.5 Å². The first kappa shape index (κ1) is 23.6. The number of anilines is 1. The fraction of sp³-hybridized carbons (Fsp3) is 0.208. The van der Waals surface area contributed by atoms with Crippen molar-refractivity contribution in [2.45, 2.75) is 33.8 Å². The monoisotopic (exact) mass is 476 g/mol. The lowest BCUT2D eigenvalue weighted by Crippen LogP contribution is -2.30. The topological polar surface area (TPSA) is 144 Å². The average molecular weight is 476 g/mol. The number of ether oxygens (including phenoxy) is 1. The van der Waals surface area contributed by atoms with Crippen LogP contribution in [0.2, 0.25) is 0 Å². The second-order valence-electron chi connectivity index (χ2n) is 7.90. The van der Waals surface area contributed by atoms with Crippen molar-refractivity contribution in [3.63, 3.8) is 0 Å². The minimum atomic E-state index is -0.881. The summed E-state index contributed by atoms with van der Waals surface area (Å²) < 4.78 is 13.0. The summed E-state index contributed by atoms with van der Waals surface area (Å²) in [5.74, 6) is 1.46. The van der Waals surface area contributed by atoms with Gasteiger partial charge in [0.1, 0.15) is 17.3 Å². The zero-order chi connectivity index (χ0) is 25.1. The molecule has 0 saturated heterocycles. The summed E-state index contributed by atoms with van der Waals surface area (Å²) >= 11 is 0. The number of nitrogens with one attached hydrogen (secondary N) is 2. The zero-order valence-corrected chi connectivity index (χ0v) is 19.6. The van der Waals surface area contributed by atoms with Gasteiger partial charge in [-0.2, -0.15) is 5.10 Å². The van der Waals surface area contributed by atoms with Crippen LogP contribution in [0.5, 0.6) is 5.75 Å². The number of rotatable bonds is 7. The van der Waals surface area contributed by atoms with Crippen molar-refractivity contribution in [2.24, 2.45) is 0 Å². The van der Waals surface area contributed by atoms with Gasteiger partial charge in [-0.05, 0) is 70.2 Å². The van der Waals surface area contributed by atoms with Crippen molar-refractivity contribution >= 4 is 17.6 Å². The maximum absolute atomic E-state index is 12.9. The summed E-state index contributed by atoms with van der Waals surface area (Å²) in [6, 6.07) is 13.1. The number of hydrogen-bond donors (Lipinski definition) is 3. The highest BCUT2D eigenvalue weighted by atomic mass is 16.5. The third kappa shape index (κ3) is 5.36. The smallest absolute Gasteiger partial charge is 0.274 e. The molecule has 11 nitrogen and oxygen atoms in total. The Balaban J connectivity index is 1.57. The molecule has 0 spiro atoms. The van der Waals surface area contributed by atoms with E-state index >= 15 is 0 Å². The van der Waals surface area contributed by atoms with E-state index < -0.39 is 17.9 Å². The van der Waals surface area contributed by atoms with E-state index in [4.69, 9.17) is 14.4 Å². The van der Waals surface area contributed by atoms with E-state index in [1.807, 2.05) is 26.8 Å². The first-order valence-electron chi connectivity index (χ1n) is 10.7. The molecule has 1 unspecified atom stereocenters. The van der Waals surface area contributed by atoms with Crippen LogP contribution in [-0.4, -0.2) is 42.9 Å². The Hall–Kier alpha value is -4.51. The highest BCUT2D eigenvalue weighted by molar-refractivity contribution is 5.94. The Morgan fingerprint density at radius 2 is 1.80 bits per heavy atom. The minimum absolute atomic E-state index is 0.246. The number of hydrogen-bond acceptors (Lipinski definition) is 8. The Kier molecular flexibility index (Phi) is 6.60. The molecule has 0 bridgehead atoms. The molecular formula is C24H24N6O5. The average Bonchev–Trinajstić information content (AvgIpc) is 3.43. The third-order valence-electron chi connectivity index (χ3n) is 5.05. The summed E-state index contributed by atoms with van der Waals surface area (Å²) in [5, 5.41) is 15.9. The van der Waals surface area contributed by atoms with Crippen molar-refractivity contribution in [1.29, 1.82) is 0 Å². The number of carbonyl (C=O) groups is 2. The molecule has 180 valence electrons. The highest BCUT2D eigenvalue weighted by Crippen LogP contribution is 2.23. The van der Waals surface area contributed by atoms with Crippen LogP contribution in [0.3, 0.4) is 0 Å². The Morgan fingerprint density at radius 3 is 2.40 bits per heavy atom. The number of hydroxylamine groups is 1. The number of nitrogens with zero attached hydrogens (tertiary/aromatic N) is 4. The van der Waals surface area contributed by atoms with Crippen LogP contribution in [0.15, 0.2) is 52.9 Å². The molecule has 0 aliphatic heterocycles. The van der Waals surface area contributed by atoms with E-state index in [1.165, 1.54) is 24.3 Å². The van der Waals surface area contributed by atoms with E-state index in [0.29, 0.717) is 28.9 Å². The van der Waals surface area contributed by atoms with Crippen LogP contribution >= 0.6 is 0 Å². The molecule has 3 heterocycles. The van der Waals surface area contributed by atoms with E-state index in [0.717, 1.165) is 11.4 Å². The minimum Gasteiger partial charge on any atom is -0.481 e. The van der Waals surface area contributed by atoms with Crippen molar-refractivity contribution < 1.29 is 24.0 Å². The molecule has 2 amide bonds. The predicted molar refractivity (Wildman–Crippen MR) is 125 cm³/mol. The summed E-state index contributed by atoms with van der Waals surface area (Å²) in [6.07, 6.45) is -0.881. The Morgan fingerprint density at radius 1 is 1.06 bits per heavy atom. The normalized spacial score (nSPS) is 11.7. The maximum Gasteiger partial charge on any atom is 0.274 e. The lowest BCUT2D eigenvalue weighted by atomic mass is 10.2. The second kappa shape index (κ2) is 9.77. The Labute approximate surface area is 200 Å². The van der Waals surface area contributed by atoms with Crippen LogP contribution in [0.1, 0.15) is 34.4 Å². The summed E-state index contributed by atoms with van der Waals surface area (Å²) in [5.41, 5.74) is 3.50. The SMILES string of the molecule is Cc1cc(C)n(-c2cc(NC(=O)C(C)Oc3ccc(C(=O)NO)cc3)nc(-c3ccc(C)o3)n2)n1. The van der Waals surface area contributed by atoms with Crippen molar-refractivity contribution in [3.8, 4) is 23.2 Å². The van der Waals surface area contributed by atoms with Gasteiger partial charge in [0, 0.05) is 17.3 Å². The summed E-state index contributed by atoms with van der Waals surface area (Å²) in [7, 11) is 0. The lowest BCUT2D eigenvalue weighted by molar-refractivity contribution is -0.122. The van der Waals surface area contributed by atoms with Crippen LogP contribution in [0.25, 0.3) is 17.4 Å². The van der Waals surface area contributed by atoms with Gasteiger partial charge in [-0.3, -0.25) is 14.8 Å². The van der Waals surface area contributed by atoms with Crippen molar-refractivity contribution in [1.82, 2.24) is 25.2 Å². The molecule has 1 aromatic carbocycles. The van der Waals surface area contributed by atoms with Crippen LogP contribution in [0, 0.1) is 20.8 Å². The van der Waals surface area contributed by atoms with Crippen LogP contribution in [-0.2, 0) is 4.79 Å². The van der Waals surface area contributed by atoms with E-state index in [9.17, 15) is 9.59 Å². The van der Waals surface area contributed by atoms with Crippen LogP contribution in [0.4, 0.5) is 5.82 Å². The fourth-order valence-electron chi connectivity index (χ4n) is 3.37. The Bertz CT molecular complexity index is 1380. The zero-order valence-electron chi connectivity index (χ0n) is 19.6. The third-order valence-corrected chi connectivity index (χ3v) is 5.05. The maximum atomic E-state index is 12.9. The largest absolute Gasteiger partial charge is 0.481 e. The number of furan rings is 1. The molecule has 0 aliphatic rings. The van der Waals surface area contributed by atoms with Gasteiger partial charge < -0.3 is 14.5 Å². The molecule has 0 saturated carbocycles. The summed E-state index contributed by atoms with van der Waals surface area (Å²) in [6.45, 7) is 7.19. The fourth-order valence-corrected chi connectivity index (χ4v) is 3.37. The molecule has 11 heteroatoms. The van der Waals surface area contributed by atoms with Gasteiger partial charge in [-0.1, -0.05) is 0 Å². The molecule has 0 aliphatic carbocycles. The van der Waals surface area contributed by atoms with Gasteiger partial charge >= 0.3 is 0 Å². The van der Waals surface area contributed by atoms with Gasteiger partial charge in [0.2, 0.25) is 0 Å². The molecule has 0 fully saturated rings. The second-order valence-corrected chi connectivity index (χ2v) is 7.90. The molecule has 4 aromatic rings. The molecule has 4 rings (SSSR count). The number of aryl methyl sites for hydroxylation is 3. The molecular weight excluding hydrogens is 452 g/mol. The summed E-state index contributed by atoms with van der Waals surface area (Å²) in [4.78, 5) is 33.3. The number of carbonyl (C=O) groups excluding carboxylic acids is 2. The lowest BCUT2D eigenvalue weighted by Gasteiger charge is -2.15. The van der Waals surface area contributed by atoms with E-state index in [1.54, 1.807) is 35.3 Å². The quantitative estimate of drug-likeness (QED) is 0.272. The van der Waals surface area contributed by atoms with Crippen molar-refractivity contribution in [2.75, 3.05) is 5.32 Å². The van der Waals surface area contributed by atoms with Gasteiger partial charge in [-0.25, -0.2) is 20.1 Å². The van der Waals surface area contributed by atoms with Gasteiger partial charge in [0.25, 0.3) is 11.8 Å². The number of amides is 2. The van der Waals surface area contributed by atoms with Crippen molar-refractivity contribution in [3.05, 3.63) is 71.2 Å².